The lowest BCUT2D eigenvalue weighted by atomic mass is 10.0. The minimum Gasteiger partial charge on any atom is -0.389 e. The van der Waals surface area contributed by atoms with Crippen LogP contribution >= 0.6 is 12.2 Å². The van der Waals surface area contributed by atoms with Gasteiger partial charge in [0, 0.05) is 18.3 Å². The monoisotopic (exact) mass is 306 g/mol. The molecule has 0 fully saturated rings. The molecule has 1 unspecified atom stereocenters. The summed E-state index contributed by atoms with van der Waals surface area (Å²) in [6.07, 6.45) is 3.32. The van der Waals surface area contributed by atoms with E-state index in [-0.39, 0.29) is 0 Å². The number of fused-ring (bicyclic) bond motifs is 1. The van der Waals surface area contributed by atoms with Crippen molar-refractivity contribution in [2.24, 2.45) is 11.7 Å². The zero-order chi connectivity index (χ0) is 15.6. The van der Waals surface area contributed by atoms with Gasteiger partial charge in [0.25, 0.3) is 0 Å². The highest BCUT2D eigenvalue weighted by Crippen LogP contribution is 2.26. The third-order valence-electron chi connectivity index (χ3n) is 4.00. The molecule has 5 heteroatoms. The van der Waals surface area contributed by atoms with Gasteiger partial charge in [0.15, 0.2) is 0 Å². The van der Waals surface area contributed by atoms with E-state index in [1.807, 2.05) is 0 Å². The van der Waals surface area contributed by atoms with Crippen LogP contribution in [0.3, 0.4) is 0 Å². The molecule has 1 aromatic heterocycles. The van der Waals surface area contributed by atoms with Crippen LogP contribution < -0.4 is 11.1 Å². The molecule has 1 aliphatic carbocycles. The molecule has 1 heterocycles. The fourth-order valence-electron chi connectivity index (χ4n) is 2.76. The average Bonchev–Trinajstić information content (AvgIpc) is 2.83. The van der Waals surface area contributed by atoms with Crippen LogP contribution in [0.5, 0.6) is 0 Å². The summed E-state index contributed by atoms with van der Waals surface area (Å²) in [4.78, 5) is 7.42. The van der Waals surface area contributed by atoms with Gasteiger partial charge in [-0.3, -0.25) is 0 Å². The van der Waals surface area contributed by atoms with Gasteiger partial charge in [-0.15, -0.1) is 0 Å². The van der Waals surface area contributed by atoms with Gasteiger partial charge in [0.1, 0.15) is 10.8 Å². The minimum atomic E-state index is 0.319. The van der Waals surface area contributed by atoms with Crippen molar-refractivity contribution in [3.8, 4) is 0 Å². The van der Waals surface area contributed by atoms with Crippen LogP contribution in [0.25, 0.3) is 0 Å². The molecule has 0 spiro atoms. The maximum Gasteiger partial charge on any atom is 0.136 e. The lowest BCUT2D eigenvalue weighted by Crippen LogP contribution is -2.37. The number of nitrogens with one attached hydrogen (secondary N) is 1. The summed E-state index contributed by atoms with van der Waals surface area (Å²) in [5.74, 6) is 1.35. The molecule has 1 atom stereocenters. The van der Waals surface area contributed by atoms with Crippen LogP contribution in [0.1, 0.15) is 37.1 Å². The summed E-state index contributed by atoms with van der Waals surface area (Å²) in [7, 11) is 4.17. The molecule has 1 aliphatic rings. The van der Waals surface area contributed by atoms with Gasteiger partial charge in [-0.1, -0.05) is 26.1 Å². The van der Waals surface area contributed by atoms with Gasteiger partial charge < -0.3 is 16.0 Å². The second-order valence-electron chi connectivity index (χ2n) is 6.47. The lowest BCUT2D eigenvalue weighted by molar-refractivity contribution is 0.344. The van der Waals surface area contributed by atoms with Crippen LogP contribution in [-0.4, -0.2) is 41.6 Å². The third kappa shape index (κ3) is 3.92. The second kappa shape index (κ2) is 6.71. The van der Waals surface area contributed by atoms with Crippen LogP contribution in [0.15, 0.2) is 6.07 Å². The van der Waals surface area contributed by atoms with Crippen molar-refractivity contribution < 1.29 is 0 Å². The molecule has 0 aliphatic heterocycles. The van der Waals surface area contributed by atoms with Crippen molar-refractivity contribution in [3.05, 3.63) is 22.9 Å². The van der Waals surface area contributed by atoms with Crippen molar-refractivity contribution >= 4 is 23.0 Å². The van der Waals surface area contributed by atoms with E-state index in [2.05, 4.69) is 44.2 Å². The Labute approximate surface area is 133 Å². The first-order valence-corrected chi connectivity index (χ1v) is 8.03. The van der Waals surface area contributed by atoms with Gasteiger partial charge in [0.2, 0.25) is 0 Å². The number of thiocarbonyl (C=S) groups is 1. The zero-order valence-corrected chi connectivity index (χ0v) is 14.3. The van der Waals surface area contributed by atoms with Crippen molar-refractivity contribution in [2.75, 3.05) is 26.0 Å². The number of rotatable bonds is 6. The Morgan fingerprint density at radius 2 is 2.14 bits per heavy atom. The predicted molar refractivity (Wildman–Crippen MR) is 93.0 cm³/mol. The minimum absolute atomic E-state index is 0.319. The van der Waals surface area contributed by atoms with Crippen molar-refractivity contribution in [3.63, 3.8) is 0 Å². The van der Waals surface area contributed by atoms with E-state index < -0.39 is 0 Å². The summed E-state index contributed by atoms with van der Waals surface area (Å²) in [6, 6.07) is 2.45. The van der Waals surface area contributed by atoms with Gasteiger partial charge in [-0.25, -0.2) is 4.98 Å². The van der Waals surface area contributed by atoms with Crippen molar-refractivity contribution in [1.29, 1.82) is 0 Å². The molecule has 0 radical (unpaired) electrons. The summed E-state index contributed by atoms with van der Waals surface area (Å²) in [5, 5.41) is 3.57. The van der Waals surface area contributed by atoms with Crippen molar-refractivity contribution in [1.82, 2.24) is 9.88 Å². The first kappa shape index (κ1) is 16.2. The second-order valence-corrected chi connectivity index (χ2v) is 6.91. The highest BCUT2D eigenvalue weighted by atomic mass is 32.1. The van der Waals surface area contributed by atoms with E-state index in [1.54, 1.807) is 0 Å². The van der Waals surface area contributed by atoms with Gasteiger partial charge in [-0.2, -0.15) is 0 Å². The Bertz CT molecular complexity index is 525. The van der Waals surface area contributed by atoms with Crippen LogP contribution in [0.4, 0.5) is 5.82 Å². The van der Waals surface area contributed by atoms with Gasteiger partial charge in [-0.05, 0) is 50.9 Å². The van der Waals surface area contributed by atoms with Crippen LogP contribution in [0, 0.1) is 5.92 Å². The summed E-state index contributed by atoms with van der Waals surface area (Å²) >= 11 is 5.21. The van der Waals surface area contributed by atoms with E-state index in [0.717, 1.165) is 30.8 Å². The average molecular weight is 306 g/mol. The maximum atomic E-state index is 5.90. The van der Waals surface area contributed by atoms with E-state index >= 15 is 0 Å². The van der Waals surface area contributed by atoms with Gasteiger partial charge in [0.05, 0.1) is 5.56 Å². The fraction of sp³-hybridized carbons (Fsp3) is 0.625. The molecule has 0 bridgehead atoms. The Kier molecular flexibility index (Phi) is 5.17. The Morgan fingerprint density at radius 1 is 1.43 bits per heavy atom. The molecule has 21 heavy (non-hydrogen) atoms. The normalized spacial score (nSPS) is 15.3. The summed E-state index contributed by atoms with van der Waals surface area (Å²) < 4.78 is 0. The predicted octanol–water partition coefficient (Wildman–Crippen LogP) is 2.20. The zero-order valence-electron chi connectivity index (χ0n) is 13.4. The largest absolute Gasteiger partial charge is 0.389 e. The summed E-state index contributed by atoms with van der Waals surface area (Å²) in [6.45, 7) is 5.39. The standard InChI is InChI=1S/C16H26N4S/c1-10(2)14(9-20(3)4)19-16-12(15(17)21)8-11-6-5-7-13(11)18-16/h8,10,14H,5-7,9H2,1-4H3,(H2,17,21)(H,18,19). The van der Waals surface area contributed by atoms with Crippen LogP contribution in [-0.2, 0) is 12.8 Å². The molecule has 116 valence electrons. The molecule has 0 saturated carbocycles. The number of aryl methyl sites for hydroxylation is 2. The Balaban J connectivity index is 2.31. The molecule has 4 nitrogen and oxygen atoms in total. The molecular formula is C16H26N4S. The lowest BCUT2D eigenvalue weighted by Gasteiger charge is -2.27. The Morgan fingerprint density at radius 3 is 2.71 bits per heavy atom. The number of nitrogens with zero attached hydrogens (tertiary/aromatic N) is 2. The van der Waals surface area contributed by atoms with Crippen molar-refractivity contribution in [2.45, 2.75) is 39.2 Å². The highest BCUT2D eigenvalue weighted by Gasteiger charge is 2.21. The molecule has 0 amide bonds. The third-order valence-corrected chi connectivity index (χ3v) is 4.22. The van der Waals surface area contributed by atoms with E-state index in [4.69, 9.17) is 22.9 Å². The van der Waals surface area contributed by atoms with E-state index in [9.17, 15) is 0 Å². The molecule has 2 rings (SSSR count). The first-order valence-electron chi connectivity index (χ1n) is 7.62. The quantitative estimate of drug-likeness (QED) is 0.789. The van der Waals surface area contributed by atoms with Gasteiger partial charge >= 0.3 is 0 Å². The highest BCUT2D eigenvalue weighted by molar-refractivity contribution is 7.80. The number of likely N-dealkylation sites (N-methyl/N-ethyl adjacent to an activating group) is 1. The molecule has 3 N–H and O–H groups in total. The number of aromatic nitrogens is 1. The number of hydrogen-bond donors (Lipinski definition) is 2. The molecule has 0 aromatic carbocycles. The van der Waals surface area contributed by atoms with E-state index in [0.29, 0.717) is 16.9 Å². The summed E-state index contributed by atoms with van der Waals surface area (Å²) in [5.41, 5.74) is 9.29. The smallest absolute Gasteiger partial charge is 0.136 e. The Hall–Kier alpha value is -1.20. The number of anilines is 1. The topological polar surface area (TPSA) is 54.2 Å². The maximum absolute atomic E-state index is 5.90. The fourth-order valence-corrected chi connectivity index (χ4v) is 2.92. The molecule has 0 saturated heterocycles. The molecule has 1 aromatic rings. The van der Waals surface area contributed by atoms with E-state index in [1.165, 1.54) is 17.7 Å². The van der Waals surface area contributed by atoms with Crippen LogP contribution in [0.2, 0.25) is 0 Å². The number of pyridine rings is 1. The number of hydrogen-bond acceptors (Lipinski definition) is 4. The molecular weight excluding hydrogens is 280 g/mol. The SMILES string of the molecule is CC(C)C(CN(C)C)Nc1nc2c(cc1C(N)=S)CCC2. The first-order chi connectivity index (χ1) is 9.88. The number of nitrogens with two attached hydrogens (primary N) is 1.